The van der Waals surface area contributed by atoms with E-state index in [1.165, 1.54) is 12.8 Å². The fourth-order valence-corrected chi connectivity index (χ4v) is 0.974. The van der Waals surface area contributed by atoms with Crippen LogP contribution in [0.3, 0.4) is 0 Å². The molecule has 54 valence electrons. The lowest BCUT2D eigenvalue weighted by Gasteiger charge is -1.77. The van der Waals surface area contributed by atoms with Crippen LogP contribution in [0.5, 0.6) is 0 Å². The Morgan fingerprint density at radius 1 is 1.10 bits per heavy atom. The number of rotatable bonds is 0. The van der Waals surface area contributed by atoms with Gasteiger partial charge in [0.25, 0.3) is 0 Å². The number of hydrazine groups is 1. The van der Waals surface area contributed by atoms with Gasteiger partial charge in [0.05, 0.1) is 0 Å². The van der Waals surface area contributed by atoms with Gasteiger partial charge in [0.1, 0.15) is 0 Å². The van der Waals surface area contributed by atoms with Crippen LogP contribution in [-0.2, 0) is 0 Å². The molecule has 2 nitrogen and oxygen atoms in total. The minimum atomic E-state index is 0.417. The second-order valence-corrected chi connectivity index (χ2v) is 3.08. The first-order chi connectivity index (χ1) is 4.79. The largest absolute Gasteiger partial charge is 0.213 e. The van der Waals surface area contributed by atoms with Crippen molar-refractivity contribution in [2.75, 3.05) is 14.1 Å². The van der Waals surface area contributed by atoms with Crippen molar-refractivity contribution in [3.63, 3.8) is 0 Å². The van der Waals surface area contributed by atoms with Crippen molar-refractivity contribution in [2.45, 2.75) is 19.0 Å². The Bertz CT molecular complexity index is 189. The summed E-state index contributed by atoms with van der Waals surface area (Å²) < 4.78 is 0. The molecule has 1 heterocycles. The smallest absolute Gasteiger partial charge is 0.151 e. The SMILES string of the molecule is CN1C(C#CC2CC2)N1C. The first kappa shape index (κ1) is 6.21. The molecule has 0 N–H and O–H groups in total. The number of hydrogen-bond acceptors (Lipinski definition) is 2. The third-order valence-corrected chi connectivity index (χ3v) is 2.14. The summed E-state index contributed by atoms with van der Waals surface area (Å²) in [5, 5.41) is 4.27. The van der Waals surface area contributed by atoms with Gasteiger partial charge in [-0.05, 0) is 12.8 Å². The lowest BCUT2D eigenvalue weighted by atomic mass is 10.4. The van der Waals surface area contributed by atoms with Gasteiger partial charge in [-0.25, -0.2) is 10.0 Å². The zero-order chi connectivity index (χ0) is 7.14. The van der Waals surface area contributed by atoms with E-state index in [0.717, 1.165) is 5.92 Å². The summed E-state index contributed by atoms with van der Waals surface area (Å²) in [5.74, 6) is 7.20. The molecular formula is C8H12N2. The van der Waals surface area contributed by atoms with Gasteiger partial charge in [-0.15, -0.1) is 0 Å². The van der Waals surface area contributed by atoms with Crippen molar-refractivity contribution in [3.8, 4) is 11.8 Å². The maximum absolute atomic E-state index is 3.25. The van der Waals surface area contributed by atoms with E-state index >= 15 is 0 Å². The van der Waals surface area contributed by atoms with Crippen molar-refractivity contribution < 1.29 is 0 Å². The van der Waals surface area contributed by atoms with Crippen molar-refractivity contribution in [1.82, 2.24) is 10.0 Å². The number of nitrogens with zero attached hydrogens (tertiary/aromatic N) is 2. The van der Waals surface area contributed by atoms with Gasteiger partial charge >= 0.3 is 0 Å². The summed E-state index contributed by atoms with van der Waals surface area (Å²) in [5.41, 5.74) is 0. The van der Waals surface area contributed by atoms with Crippen LogP contribution in [0.1, 0.15) is 12.8 Å². The molecule has 2 atom stereocenters. The Morgan fingerprint density at radius 2 is 1.70 bits per heavy atom. The number of hydrogen-bond donors (Lipinski definition) is 0. The average molecular weight is 136 g/mol. The molecule has 0 aromatic heterocycles. The monoisotopic (exact) mass is 136 g/mol. The maximum atomic E-state index is 3.25. The minimum Gasteiger partial charge on any atom is -0.213 e. The van der Waals surface area contributed by atoms with E-state index in [1.54, 1.807) is 0 Å². The molecule has 2 unspecified atom stereocenters. The Morgan fingerprint density at radius 3 is 2.10 bits per heavy atom. The Labute approximate surface area is 61.8 Å². The predicted molar refractivity (Wildman–Crippen MR) is 39.8 cm³/mol. The topological polar surface area (TPSA) is 6.02 Å². The summed E-state index contributed by atoms with van der Waals surface area (Å²) in [7, 11) is 4.12. The van der Waals surface area contributed by atoms with E-state index < -0.39 is 0 Å². The average Bonchev–Trinajstić information content (AvgIpc) is 2.76. The highest BCUT2D eigenvalue weighted by atomic mass is 15.8. The fourth-order valence-electron chi connectivity index (χ4n) is 0.974. The lowest BCUT2D eigenvalue weighted by Crippen LogP contribution is -1.91. The highest BCUT2D eigenvalue weighted by Gasteiger charge is 2.36. The van der Waals surface area contributed by atoms with Crippen molar-refractivity contribution in [3.05, 3.63) is 0 Å². The Kier molecular flexibility index (Phi) is 1.23. The molecule has 0 aromatic rings. The van der Waals surface area contributed by atoms with Crippen LogP contribution in [0.2, 0.25) is 0 Å². The standard InChI is InChI=1S/C8H12N2/c1-9-8(10(9)2)6-5-7-3-4-7/h7-8H,3-4H2,1-2H3. The maximum Gasteiger partial charge on any atom is 0.151 e. The summed E-state index contributed by atoms with van der Waals surface area (Å²) in [6, 6.07) is 0. The molecule has 2 aliphatic rings. The molecule has 0 aromatic carbocycles. The molecule has 0 radical (unpaired) electrons. The molecule has 2 heteroatoms. The third-order valence-electron chi connectivity index (χ3n) is 2.14. The van der Waals surface area contributed by atoms with Gasteiger partial charge in [0, 0.05) is 20.0 Å². The molecule has 1 aliphatic carbocycles. The van der Waals surface area contributed by atoms with Gasteiger partial charge in [-0.3, -0.25) is 0 Å². The van der Waals surface area contributed by atoms with E-state index in [4.69, 9.17) is 0 Å². The summed E-state index contributed by atoms with van der Waals surface area (Å²) in [6.07, 6.45) is 3.07. The fraction of sp³-hybridized carbons (Fsp3) is 0.750. The van der Waals surface area contributed by atoms with Gasteiger partial charge in [0.15, 0.2) is 6.17 Å². The van der Waals surface area contributed by atoms with Crippen LogP contribution >= 0.6 is 0 Å². The van der Waals surface area contributed by atoms with E-state index in [0.29, 0.717) is 6.17 Å². The molecule has 2 fully saturated rings. The summed E-state index contributed by atoms with van der Waals surface area (Å²) in [4.78, 5) is 0. The second-order valence-electron chi connectivity index (χ2n) is 3.08. The quantitative estimate of drug-likeness (QED) is 0.353. The van der Waals surface area contributed by atoms with Gasteiger partial charge in [-0.2, -0.15) is 0 Å². The van der Waals surface area contributed by atoms with Crippen LogP contribution in [0.15, 0.2) is 0 Å². The van der Waals surface area contributed by atoms with Gasteiger partial charge < -0.3 is 0 Å². The van der Waals surface area contributed by atoms with Crippen LogP contribution in [0.25, 0.3) is 0 Å². The molecule has 1 saturated heterocycles. The van der Waals surface area contributed by atoms with Crippen LogP contribution in [0, 0.1) is 17.8 Å². The Hall–Kier alpha value is -0.520. The summed E-state index contributed by atoms with van der Waals surface area (Å²) >= 11 is 0. The van der Waals surface area contributed by atoms with Crippen LogP contribution in [-0.4, -0.2) is 30.3 Å². The minimum absolute atomic E-state index is 0.417. The highest BCUT2D eigenvalue weighted by Crippen LogP contribution is 2.28. The molecule has 1 aliphatic heterocycles. The van der Waals surface area contributed by atoms with Gasteiger partial charge in [0.2, 0.25) is 0 Å². The van der Waals surface area contributed by atoms with E-state index in [1.807, 2.05) is 0 Å². The zero-order valence-electron chi connectivity index (χ0n) is 6.46. The van der Waals surface area contributed by atoms with Gasteiger partial charge in [-0.1, -0.05) is 11.8 Å². The molecule has 2 rings (SSSR count). The van der Waals surface area contributed by atoms with E-state index in [-0.39, 0.29) is 0 Å². The molecule has 0 amide bonds. The second kappa shape index (κ2) is 1.98. The molecular weight excluding hydrogens is 124 g/mol. The molecule has 0 spiro atoms. The van der Waals surface area contributed by atoms with Crippen LogP contribution in [0.4, 0.5) is 0 Å². The predicted octanol–water partition coefficient (Wildman–Crippen LogP) is 0.518. The van der Waals surface area contributed by atoms with E-state index in [2.05, 4.69) is 36.0 Å². The van der Waals surface area contributed by atoms with Crippen LogP contribution < -0.4 is 0 Å². The summed E-state index contributed by atoms with van der Waals surface area (Å²) in [6.45, 7) is 0. The first-order valence-electron chi connectivity index (χ1n) is 3.75. The molecule has 10 heavy (non-hydrogen) atoms. The lowest BCUT2D eigenvalue weighted by molar-refractivity contribution is 0.412. The Balaban J connectivity index is 1.87. The van der Waals surface area contributed by atoms with Crippen molar-refractivity contribution in [2.24, 2.45) is 5.92 Å². The molecule has 0 bridgehead atoms. The van der Waals surface area contributed by atoms with Crippen molar-refractivity contribution in [1.29, 1.82) is 0 Å². The zero-order valence-corrected chi connectivity index (χ0v) is 6.46. The molecule has 1 saturated carbocycles. The third kappa shape index (κ3) is 1.03. The first-order valence-corrected chi connectivity index (χ1v) is 3.75. The normalized spacial score (nSPS) is 44.0. The van der Waals surface area contributed by atoms with E-state index in [9.17, 15) is 0 Å². The van der Waals surface area contributed by atoms with Crippen molar-refractivity contribution >= 4 is 0 Å². The highest BCUT2D eigenvalue weighted by molar-refractivity contribution is 5.16.